The van der Waals surface area contributed by atoms with E-state index >= 15 is 0 Å². The number of aliphatic carboxylic acids is 1. The second kappa shape index (κ2) is 8.49. The van der Waals surface area contributed by atoms with Crippen molar-refractivity contribution in [3.05, 3.63) is 0 Å². The number of amides is 3. The maximum Gasteiger partial charge on any atom is 0.315 e. The van der Waals surface area contributed by atoms with Gasteiger partial charge in [-0.05, 0) is 26.2 Å². The van der Waals surface area contributed by atoms with Crippen LogP contribution in [-0.2, 0) is 9.59 Å². The van der Waals surface area contributed by atoms with Crippen molar-refractivity contribution in [2.45, 2.75) is 47.1 Å². The molecular weight excluding hydrogens is 274 g/mol. The number of carbonyl (C=O) groups excluding carboxylic acids is 2. The molecule has 0 saturated carbocycles. The van der Waals surface area contributed by atoms with Gasteiger partial charge in [0.05, 0.1) is 5.41 Å². The minimum atomic E-state index is -1.01. The Morgan fingerprint density at radius 2 is 1.71 bits per heavy atom. The van der Waals surface area contributed by atoms with Gasteiger partial charge in [-0.15, -0.1) is 0 Å². The number of nitrogens with one attached hydrogen (secondary N) is 3. The highest BCUT2D eigenvalue weighted by Gasteiger charge is 2.31. The topological polar surface area (TPSA) is 108 Å². The lowest BCUT2D eigenvalue weighted by Crippen LogP contribution is -2.51. The van der Waals surface area contributed by atoms with Crippen molar-refractivity contribution >= 4 is 17.9 Å². The van der Waals surface area contributed by atoms with Gasteiger partial charge in [-0.3, -0.25) is 9.59 Å². The summed E-state index contributed by atoms with van der Waals surface area (Å²) < 4.78 is 0. The summed E-state index contributed by atoms with van der Waals surface area (Å²) in [7, 11) is 0. The zero-order valence-corrected chi connectivity index (χ0v) is 13.4. The average Bonchev–Trinajstić information content (AvgIpc) is 2.41. The molecule has 122 valence electrons. The molecular formula is C14H27N3O4. The van der Waals surface area contributed by atoms with Gasteiger partial charge in [0.1, 0.15) is 6.04 Å². The SMILES string of the molecule is CCC(C)(CNC(=O)NC(C)C(=O)NCC(C)C)C(=O)O. The quantitative estimate of drug-likeness (QED) is 0.535. The monoisotopic (exact) mass is 301 g/mol. The fourth-order valence-corrected chi connectivity index (χ4v) is 1.40. The predicted octanol–water partition coefficient (Wildman–Crippen LogP) is 0.947. The van der Waals surface area contributed by atoms with E-state index in [0.29, 0.717) is 18.9 Å². The Kier molecular flexibility index (Phi) is 7.76. The van der Waals surface area contributed by atoms with Gasteiger partial charge in [0.25, 0.3) is 0 Å². The fraction of sp³-hybridized carbons (Fsp3) is 0.786. The van der Waals surface area contributed by atoms with Crippen LogP contribution in [-0.4, -0.2) is 42.1 Å². The molecule has 0 spiro atoms. The van der Waals surface area contributed by atoms with E-state index in [1.165, 1.54) is 0 Å². The van der Waals surface area contributed by atoms with Crippen LogP contribution in [0.15, 0.2) is 0 Å². The van der Waals surface area contributed by atoms with Crippen LogP contribution in [0.4, 0.5) is 4.79 Å². The van der Waals surface area contributed by atoms with Crippen molar-refractivity contribution in [1.29, 1.82) is 0 Å². The minimum absolute atomic E-state index is 0.00496. The second-order valence-corrected chi connectivity index (χ2v) is 5.91. The third-order valence-corrected chi connectivity index (χ3v) is 3.36. The van der Waals surface area contributed by atoms with Gasteiger partial charge in [-0.25, -0.2) is 4.79 Å². The Balaban J connectivity index is 4.25. The first-order valence-corrected chi connectivity index (χ1v) is 7.17. The second-order valence-electron chi connectivity index (χ2n) is 5.91. The molecule has 0 aromatic carbocycles. The molecule has 0 aromatic heterocycles. The molecule has 0 aliphatic carbocycles. The molecule has 21 heavy (non-hydrogen) atoms. The third-order valence-electron chi connectivity index (χ3n) is 3.36. The van der Waals surface area contributed by atoms with Crippen LogP contribution in [0.1, 0.15) is 41.0 Å². The van der Waals surface area contributed by atoms with Gasteiger partial charge in [-0.2, -0.15) is 0 Å². The summed E-state index contributed by atoms with van der Waals surface area (Å²) in [4.78, 5) is 34.5. The first-order valence-electron chi connectivity index (χ1n) is 7.17. The number of rotatable bonds is 8. The number of carbonyl (C=O) groups is 3. The summed E-state index contributed by atoms with van der Waals surface area (Å²) in [6, 6.07) is -1.23. The molecule has 0 radical (unpaired) electrons. The van der Waals surface area contributed by atoms with Crippen molar-refractivity contribution < 1.29 is 19.5 Å². The largest absolute Gasteiger partial charge is 0.481 e. The first kappa shape index (κ1) is 19.2. The highest BCUT2D eigenvalue weighted by molar-refractivity contribution is 5.86. The number of urea groups is 1. The fourth-order valence-electron chi connectivity index (χ4n) is 1.40. The van der Waals surface area contributed by atoms with Gasteiger partial charge >= 0.3 is 12.0 Å². The van der Waals surface area contributed by atoms with Crippen molar-refractivity contribution in [2.24, 2.45) is 11.3 Å². The average molecular weight is 301 g/mol. The molecule has 0 fully saturated rings. The van der Waals surface area contributed by atoms with Crippen LogP contribution in [0.3, 0.4) is 0 Å². The van der Waals surface area contributed by atoms with Crippen molar-refractivity contribution in [2.75, 3.05) is 13.1 Å². The molecule has 0 rings (SSSR count). The van der Waals surface area contributed by atoms with E-state index in [-0.39, 0.29) is 12.5 Å². The first-order chi connectivity index (χ1) is 9.62. The van der Waals surface area contributed by atoms with Crippen LogP contribution in [0.25, 0.3) is 0 Å². The van der Waals surface area contributed by atoms with Crippen LogP contribution in [0.2, 0.25) is 0 Å². The molecule has 0 heterocycles. The molecule has 7 heteroatoms. The van der Waals surface area contributed by atoms with Crippen molar-refractivity contribution in [1.82, 2.24) is 16.0 Å². The lowest BCUT2D eigenvalue weighted by molar-refractivity contribution is -0.147. The Morgan fingerprint density at radius 3 is 2.14 bits per heavy atom. The highest BCUT2D eigenvalue weighted by atomic mass is 16.4. The molecule has 3 amide bonds. The summed E-state index contributed by atoms with van der Waals surface area (Å²) in [5.41, 5.74) is -1.01. The van der Waals surface area contributed by atoms with E-state index in [4.69, 9.17) is 5.11 Å². The Hall–Kier alpha value is -1.79. The number of hydrogen-bond acceptors (Lipinski definition) is 3. The number of carboxylic acids is 1. The normalized spacial score (nSPS) is 15.0. The minimum Gasteiger partial charge on any atom is -0.481 e. The van der Waals surface area contributed by atoms with Gasteiger partial charge in [0.2, 0.25) is 5.91 Å². The Bertz CT molecular complexity index is 384. The zero-order chi connectivity index (χ0) is 16.6. The summed E-state index contributed by atoms with van der Waals surface area (Å²) in [6.45, 7) is 9.38. The summed E-state index contributed by atoms with van der Waals surface area (Å²) in [5, 5.41) is 16.8. The lowest BCUT2D eigenvalue weighted by Gasteiger charge is -2.24. The summed E-state index contributed by atoms with van der Waals surface area (Å²) in [5.74, 6) is -0.904. The maximum atomic E-state index is 11.7. The molecule has 7 nitrogen and oxygen atoms in total. The van der Waals surface area contributed by atoms with E-state index in [1.807, 2.05) is 13.8 Å². The molecule has 0 bridgehead atoms. The van der Waals surface area contributed by atoms with Crippen LogP contribution in [0, 0.1) is 11.3 Å². The van der Waals surface area contributed by atoms with Crippen LogP contribution < -0.4 is 16.0 Å². The molecule has 0 aliphatic heterocycles. The predicted molar refractivity (Wildman–Crippen MR) is 79.9 cm³/mol. The molecule has 2 unspecified atom stereocenters. The van der Waals surface area contributed by atoms with Crippen LogP contribution in [0.5, 0.6) is 0 Å². The summed E-state index contributed by atoms with van der Waals surface area (Å²) >= 11 is 0. The van der Waals surface area contributed by atoms with Gasteiger partial charge < -0.3 is 21.1 Å². The molecule has 2 atom stereocenters. The zero-order valence-electron chi connectivity index (χ0n) is 13.4. The third kappa shape index (κ3) is 6.97. The van der Waals surface area contributed by atoms with E-state index in [2.05, 4.69) is 16.0 Å². The lowest BCUT2D eigenvalue weighted by atomic mass is 9.88. The molecule has 0 saturated heterocycles. The molecule has 0 aliphatic rings. The van der Waals surface area contributed by atoms with Crippen LogP contribution >= 0.6 is 0 Å². The number of hydrogen-bond donors (Lipinski definition) is 4. The van der Waals surface area contributed by atoms with E-state index in [1.54, 1.807) is 20.8 Å². The molecule has 0 aromatic rings. The smallest absolute Gasteiger partial charge is 0.315 e. The highest BCUT2D eigenvalue weighted by Crippen LogP contribution is 2.19. The van der Waals surface area contributed by atoms with E-state index < -0.39 is 23.5 Å². The standard InChI is InChI=1S/C14H27N3O4/c1-6-14(5,12(19)20)8-16-13(21)17-10(4)11(18)15-7-9(2)3/h9-10H,6-8H2,1-5H3,(H,15,18)(H,19,20)(H2,16,17,21). The summed E-state index contributed by atoms with van der Waals surface area (Å²) in [6.07, 6.45) is 0.396. The van der Waals surface area contributed by atoms with Crippen molar-refractivity contribution in [3.8, 4) is 0 Å². The van der Waals surface area contributed by atoms with Gasteiger partial charge in [0, 0.05) is 13.1 Å². The maximum absolute atomic E-state index is 11.7. The van der Waals surface area contributed by atoms with E-state index in [0.717, 1.165) is 0 Å². The Labute approximate surface area is 125 Å². The van der Waals surface area contributed by atoms with Gasteiger partial charge in [-0.1, -0.05) is 20.8 Å². The number of carboxylic acid groups (broad SMARTS) is 1. The molecule has 4 N–H and O–H groups in total. The van der Waals surface area contributed by atoms with E-state index in [9.17, 15) is 14.4 Å². The Morgan fingerprint density at radius 1 is 1.14 bits per heavy atom. The van der Waals surface area contributed by atoms with Crippen molar-refractivity contribution in [3.63, 3.8) is 0 Å². The van der Waals surface area contributed by atoms with Gasteiger partial charge in [0.15, 0.2) is 0 Å².